The van der Waals surface area contributed by atoms with Gasteiger partial charge in [-0.3, -0.25) is 14.4 Å². The summed E-state index contributed by atoms with van der Waals surface area (Å²) in [6.45, 7) is 10.8. The van der Waals surface area contributed by atoms with E-state index in [1.807, 2.05) is 13.8 Å². The monoisotopic (exact) mass is 389 g/mol. The molecule has 10 nitrogen and oxygen atoms in total. The maximum atomic E-state index is 12.2. The standard InChI is InChI=1S/C18H23N5O5/c1-4-10(5-2)17(26)27-8-18(20-3)15(25)13(24)14(28-18)11-6-7-12-16(19)21-9-22-23(11)12/h6-7,9-10,13-15,24-25H,4-5,8H2,1-2H3,(H2,19,21,22)/t13-,14-,15-,18+/m0/s1. The van der Waals surface area contributed by atoms with E-state index >= 15 is 0 Å². The van der Waals surface area contributed by atoms with Crippen molar-refractivity contribution in [2.24, 2.45) is 5.92 Å². The lowest BCUT2D eigenvalue weighted by molar-refractivity contribution is -0.160. The summed E-state index contributed by atoms with van der Waals surface area (Å²) in [7, 11) is 0. The van der Waals surface area contributed by atoms with Gasteiger partial charge in [-0.15, -0.1) is 0 Å². The zero-order valence-electron chi connectivity index (χ0n) is 15.6. The van der Waals surface area contributed by atoms with Crippen LogP contribution in [0.4, 0.5) is 5.82 Å². The Bertz CT molecular complexity index is 905. The van der Waals surface area contributed by atoms with Crippen molar-refractivity contribution in [3.8, 4) is 0 Å². The number of esters is 1. The van der Waals surface area contributed by atoms with Crippen LogP contribution >= 0.6 is 0 Å². The van der Waals surface area contributed by atoms with E-state index in [1.165, 1.54) is 10.8 Å². The molecule has 2 aromatic heterocycles. The Balaban J connectivity index is 1.86. The number of anilines is 1. The minimum atomic E-state index is -1.91. The van der Waals surface area contributed by atoms with Gasteiger partial charge < -0.3 is 20.7 Å². The van der Waals surface area contributed by atoms with E-state index in [2.05, 4.69) is 14.9 Å². The summed E-state index contributed by atoms with van der Waals surface area (Å²) < 4.78 is 12.4. The van der Waals surface area contributed by atoms with Crippen LogP contribution in [0, 0.1) is 12.5 Å². The summed E-state index contributed by atoms with van der Waals surface area (Å²) in [4.78, 5) is 19.4. The fourth-order valence-corrected chi connectivity index (χ4v) is 3.37. The van der Waals surface area contributed by atoms with Crippen molar-refractivity contribution in [3.05, 3.63) is 35.6 Å². The van der Waals surface area contributed by atoms with E-state index in [0.29, 0.717) is 24.1 Å². The smallest absolute Gasteiger partial charge is 0.400 e. The lowest BCUT2D eigenvalue weighted by atomic mass is 10.0. The summed E-state index contributed by atoms with van der Waals surface area (Å²) in [5.41, 5.74) is 4.81. The molecule has 4 atom stereocenters. The SMILES string of the molecule is [C-]#[N+][C@]1(COC(=O)C(CC)CC)O[C@@H](c2ccc3c(N)ncnn23)[C@H](O)[C@@H]1O. The second-order valence-corrected chi connectivity index (χ2v) is 6.75. The van der Waals surface area contributed by atoms with Gasteiger partial charge in [0.05, 0.1) is 11.6 Å². The molecule has 1 aliphatic rings. The first-order valence-corrected chi connectivity index (χ1v) is 9.05. The van der Waals surface area contributed by atoms with E-state index < -0.39 is 36.6 Å². The molecule has 1 saturated heterocycles. The Hall–Kier alpha value is -2.74. The second kappa shape index (κ2) is 7.71. The summed E-state index contributed by atoms with van der Waals surface area (Å²) >= 11 is 0. The van der Waals surface area contributed by atoms with E-state index in [4.69, 9.17) is 21.8 Å². The largest absolute Gasteiger partial charge is 0.454 e. The Labute approximate surface area is 161 Å². The van der Waals surface area contributed by atoms with Crippen molar-refractivity contribution in [1.82, 2.24) is 14.6 Å². The van der Waals surface area contributed by atoms with Crippen molar-refractivity contribution >= 4 is 17.3 Å². The Kier molecular flexibility index (Phi) is 5.51. The van der Waals surface area contributed by atoms with E-state index in [0.717, 1.165) is 0 Å². The number of carbonyl (C=O) groups excluding carboxylic acids is 1. The number of rotatable bonds is 6. The molecular weight excluding hydrogens is 366 g/mol. The number of nitrogens with two attached hydrogens (primary N) is 1. The van der Waals surface area contributed by atoms with Crippen LogP contribution in [0.5, 0.6) is 0 Å². The highest BCUT2D eigenvalue weighted by atomic mass is 16.6. The van der Waals surface area contributed by atoms with Gasteiger partial charge in [-0.1, -0.05) is 13.8 Å². The lowest BCUT2D eigenvalue weighted by Crippen LogP contribution is -2.45. The lowest BCUT2D eigenvalue weighted by Gasteiger charge is -2.20. The molecule has 0 aromatic carbocycles. The molecule has 10 heteroatoms. The van der Waals surface area contributed by atoms with Gasteiger partial charge in [0, 0.05) is 0 Å². The number of hydrogen-bond acceptors (Lipinski definition) is 8. The number of carbonyl (C=O) groups is 1. The molecule has 0 spiro atoms. The van der Waals surface area contributed by atoms with Crippen molar-refractivity contribution in [2.45, 2.75) is 50.7 Å². The van der Waals surface area contributed by atoms with Crippen LogP contribution < -0.4 is 5.73 Å². The molecule has 28 heavy (non-hydrogen) atoms. The van der Waals surface area contributed by atoms with Gasteiger partial charge in [0.25, 0.3) is 0 Å². The molecule has 3 rings (SSSR count). The molecule has 3 heterocycles. The predicted octanol–water partition coefficient (Wildman–Crippen LogP) is 0.700. The first kappa shape index (κ1) is 20.0. The van der Waals surface area contributed by atoms with Gasteiger partial charge in [-0.25, -0.2) is 16.1 Å². The minimum absolute atomic E-state index is 0.241. The van der Waals surface area contributed by atoms with Crippen molar-refractivity contribution in [2.75, 3.05) is 12.3 Å². The van der Waals surface area contributed by atoms with Crippen LogP contribution in [0.25, 0.3) is 10.4 Å². The van der Waals surface area contributed by atoms with Crippen molar-refractivity contribution in [1.29, 1.82) is 0 Å². The highest BCUT2D eigenvalue weighted by molar-refractivity contribution is 5.72. The van der Waals surface area contributed by atoms with Gasteiger partial charge in [-0.05, 0) is 25.0 Å². The number of nitrogen functional groups attached to an aromatic ring is 1. The van der Waals surface area contributed by atoms with Gasteiger partial charge >= 0.3 is 11.7 Å². The third-order valence-electron chi connectivity index (χ3n) is 5.16. The average molecular weight is 389 g/mol. The summed E-state index contributed by atoms with van der Waals surface area (Å²) in [5, 5.41) is 25.2. The zero-order chi connectivity index (χ0) is 20.5. The highest BCUT2D eigenvalue weighted by Gasteiger charge is 2.62. The summed E-state index contributed by atoms with van der Waals surface area (Å²) in [6.07, 6.45) is -1.60. The number of aliphatic hydroxyl groups excluding tert-OH is 2. The first-order valence-electron chi connectivity index (χ1n) is 9.05. The number of hydrogen-bond donors (Lipinski definition) is 3. The number of ether oxygens (including phenoxy) is 2. The molecule has 0 radical (unpaired) electrons. The van der Waals surface area contributed by atoms with Crippen LogP contribution in [0.1, 0.15) is 38.5 Å². The molecule has 1 aliphatic heterocycles. The summed E-state index contributed by atoms with van der Waals surface area (Å²) in [5.74, 6) is -0.517. The van der Waals surface area contributed by atoms with Gasteiger partial charge in [-0.2, -0.15) is 5.10 Å². The van der Waals surface area contributed by atoms with Crippen molar-refractivity contribution < 1.29 is 24.5 Å². The molecule has 0 amide bonds. The average Bonchev–Trinajstić information content (AvgIpc) is 3.23. The third kappa shape index (κ3) is 3.17. The quantitative estimate of drug-likeness (QED) is 0.485. The highest BCUT2D eigenvalue weighted by Crippen LogP contribution is 2.42. The number of aromatic nitrogens is 3. The molecule has 1 fully saturated rings. The van der Waals surface area contributed by atoms with E-state index in [9.17, 15) is 15.0 Å². The maximum absolute atomic E-state index is 12.2. The number of fused-ring (bicyclic) bond motifs is 1. The third-order valence-corrected chi connectivity index (χ3v) is 5.16. The van der Waals surface area contributed by atoms with E-state index in [-0.39, 0.29) is 11.7 Å². The zero-order valence-corrected chi connectivity index (χ0v) is 15.6. The predicted molar refractivity (Wildman–Crippen MR) is 97.6 cm³/mol. The van der Waals surface area contributed by atoms with Crippen LogP contribution in [0.2, 0.25) is 0 Å². The minimum Gasteiger partial charge on any atom is -0.454 e. The first-order chi connectivity index (χ1) is 13.4. The molecule has 0 aliphatic carbocycles. The second-order valence-electron chi connectivity index (χ2n) is 6.75. The molecule has 0 unspecified atom stereocenters. The number of nitrogens with zero attached hydrogens (tertiary/aromatic N) is 4. The Morgan fingerprint density at radius 2 is 2.18 bits per heavy atom. The fraction of sp³-hybridized carbons (Fsp3) is 0.556. The van der Waals surface area contributed by atoms with Gasteiger partial charge in [0.2, 0.25) is 0 Å². The molecule has 4 N–H and O–H groups in total. The van der Waals surface area contributed by atoms with Crippen LogP contribution in [0.3, 0.4) is 0 Å². The molecule has 150 valence electrons. The topological polar surface area (TPSA) is 137 Å². The van der Waals surface area contributed by atoms with Gasteiger partial charge in [0.15, 0.2) is 18.5 Å². The van der Waals surface area contributed by atoms with Crippen LogP contribution in [0.15, 0.2) is 18.5 Å². The van der Waals surface area contributed by atoms with Gasteiger partial charge in [0.1, 0.15) is 24.1 Å². The molecule has 0 bridgehead atoms. The Morgan fingerprint density at radius 1 is 1.46 bits per heavy atom. The molecule has 0 saturated carbocycles. The van der Waals surface area contributed by atoms with E-state index in [1.54, 1.807) is 12.1 Å². The van der Waals surface area contributed by atoms with Crippen molar-refractivity contribution in [3.63, 3.8) is 0 Å². The normalized spacial score (nSPS) is 27.2. The summed E-state index contributed by atoms with van der Waals surface area (Å²) in [6, 6.07) is 3.27. The number of aliphatic hydroxyl groups is 2. The van der Waals surface area contributed by atoms with Crippen LogP contribution in [-0.2, 0) is 14.3 Å². The maximum Gasteiger partial charge on any atom is 0.400 e. The molecule has 2 aromatic rings. The Morgan fingerprint density at radius 3 is 2.82 bits per heavy atom. The molecular formula is C18H23N5O5. The fourth-order valence-electron chi connectivity index (χ4n) is 3.37. The van der Waals surface area contributed by atoms with Crippen LogP contribution in [-0.4, -0.2) is 55.3 Å².